The Bertz CT molecular complexity index is 766. The molecule has 2 nitrogen and oxygen atoms in total. The zero-order chi connectivity index (χ0) is 15.9. The summed E-state index contributed by atoms with van der Waals surface area (Å²) < 4.78 is 12.9. The van der Waals surface area contributed by atoms with E-state index >= 15 is 0 Å². The molecule has 3 aromatic carbocycles. The van der Waals surface area contributed by atoms with E-state index in [2.05, 4.69) is 10.2 Å². The Morgan fingerprint density at radius 3 is 1.74 bits per heavy atom. The number of halogens is 1. The van der Waals surface area contributed by atoms with Crippen molar-refractivity contribution in [3.8, 4) is 0 Å². The third-order valence-corrected chi connectivity index (χ3v) is 3.33. The van der Waals surface area contributed by atoms with E-state index < -0.39 is 0 Å². The van der Waals surface area contributed by atoms with Crippen LogP contribution in [-0.2, 0) is 0 Å². The first kappa shape index (κ1) is 14.9. The molecule has 0 bridgehead atoms. The summed E-state index contributed by atoms with van der Waals surface area (Å²) in [6.45, 7) is 0. The zero-order valence-corrected chi connectivity index (χ0v) is 12.4. The molecule has 3 aromatic rings. The van der Waals surface area contributed by atoms with E-state index in [4.69, 9.17) is 0 Å². The summed E-state index contributed by atoms with van der Waals surface area (Å²) in [6.07, 6.45) is 1.62. The summed E-state index contributed by atoms with van der Waals surface area (Å²) in [7, 11) is 0. The molecule has 0 amide bonds. The van der Waals surface area contributed by atoms with Crippen molar-refractivity contribution in [2.45, 2.75) is 0 Å². The van der Waals surface area contributed by atoms with Crippen LogP contribution in [0, 0.1) is 5.82 Å². The van der Waals surface area contributed by atoms with Gasteiger partial charge in [0, 0.05) is 11.1 Å². The molecule has 0 aromatic heterocycles. The highest BCUT2D eigenvalue weighted by Crippen LogP contribution is 2.11. The maximum atomic E-state index is 12.9. The molecule has 0 N–H and O–H groups in total. The average Bonchev–Trinajstić information content (AvgIpc) is 2.62. The van der Waals surface area contributed by atoms with Gasteiger partial charge in [0.1, 0.15) is 11.5 Å². The predicted molar refractivity (Wildman–Crippen MR) is 92.5 cm³/mol. The van der Waals surface area contributed by atoms with Gasteiger partial charge in [0.25, 0.3) is 0 Å². The van der Waals surface area contributed by atoms with Crippen LogP contribution in [0.15, 0.2) is 95.1 Å². The largest absolute Gasteiger partial charge is 0.207 e. The summed E-state index contributed by atoms with van der Waals surface area (Å²) in [5.74, 6) is -0.264. The molecule has 0 spiro atoms. The van der Waals surface area contributed by atoms with Crippen molar-refractivity contribution in [1.29, 1.82) is 0 Å². The fourth-order valence-corrected chi connectivity index (χ4v) is 2.18. The first-order chi connectivity index (χ1) is 11.3. The van der Waals surface area contributed by atoms with Crippen molar-refractivity contribution in [2.75, 3.05) is 0 Å². The minimum Gasteiger partial charge on any atom is -0.207 e. The van der Waals surface area contributed by atoms with Crippen molar-refractivity contribution in [1.82, 2.24) is 0 Å². The Balaban J connectivity index is 1.93. The second-order valence-corrected chi connectivity index (χ2v) is 4.98. The van der Waals surface area contributed by atoms with E-state index in [0.29, 0.717) is 0 Å². The molecule has 0 fully saturated rings. The van der Waals surface area contributed by atoms with Crippen LogP contribution in [0.4, 0.5) is 4.39 Å². The van der Waals surface area contributed by atoms with Crippen LogP contribution in [0.5, 0.6) is 0 Å². The van der Waals surface area contributed by atoms with Gasteiger partial charge in [0.15, 0.2) is 0 Å². The number of hydrogen-bond acceptors (Lipinski definition) is 2. The van der Waals surface area contributed by atoms with Crippen molar-refractivity contribution < 1.29 is 4.39 Å². The van der Waals surface area contributed by atoms with Crippen LogP contribution in [0.2, 0.25) is 0 Å². The van der Waals surface area contributed by atoms with Crippen LogP contribution < -0.4 is 0 Å². The predicted octanol–water partition coefficient (Wildman–Crippen LogP) is 4.70. The van der Waals surface area contributed by atoms with Gasteiger partial charge in [-0.1, -0.05) is 72.8 Å². The monoisotopic (exact) mass is 302 g/mol. The topological polar surface area (TPSA) is 24.7 Å². The molecule has 0 aliphatic heterocycles. The second kappa shape index (κ2) is 7.27. The van der Waals surface area contributed by atoms with Gasteiger partial charge in [-0.25, -0.2) is 4.39 Å². The summed E-state index contributed by atoms with van der Waals surface area (Å²) in [5.41, 5.74) is 3.59. The molecular weight excluding hydrogens is 287 g/mol. The van der Waals surface area contributed by atoms with Gasteiger partial charge in [-0.3, -0.25) is 0 Å². The van der Waals surface area contributed by atoms with E-state index in [-0.39, 0.29) is 5.82 Å². The standard InChI is InChI=1S/C20H15FN2/c21-19-13-11-16(12-14-19)15-22-23-20(17-7-3-1-4-8-17)18-9-5-2-6-10-18/h1-15H/b22-15-. The summed E-state index contributed by atoms with van der Waals surface area (Å²) in [5, 5.41) is 8.54. The minimum atomic E-state index is -0.264. The first-order valence-electron chi connectivity index (χ1n) is 7.30. The van der Waals surface area contributed by atoms with Crippen LogP contribution in [0.3, 0.4) is 0 Å². The van der Waals surface area contributed by atoms with Crippen LogP contribution >= 0.6 is 0 Å². The number of rotatable bonds is 4. The normalized spacial score (nSPS) is 10.7. The van der Waals surface area contributed by atoms with Gasteiger partial charge in [0.05, 0.1) is 6.21 Å². The highest BCUT2D eigenvalue weighted by molar-refractivity contribution is 6.12. The molecule has 0 aliphatic rings. The molecule has 0 heterocycles. The minimum absolute atomic E-state index is 0.264. The fraction of sp³-hybridized carbons (Fsp3) is 0. The maximum Gasteiger partial charge on any atom is 0.123 e. The summed E-state index contributed by atoms with van der Waals surface area (Å²) >= 11 is 0. The quantitative estimate of drug-likeness (QED) is 0.493. The van der Waals surface area contributed by atoms with Crippen molar-refractivity contribution in [3.05, 3.63) is 107 Å². The fourth-order valence-electron chi connectivity index (χ4n) is 2.18. The summed E-state index contributed by atoms with van der Waals surface area (Å²) in [6, 6.07) is 25.9. The zero-order valence-electron chi connectivity index (χ0n) is 12.4. The van der Waals surface area contributed by atoms with E-state index in [1.165, 1.54) is 12.1 Å². The molecular formula is C20H15FN2. The Hall–Kier alpha value is -3.07. The number of nitrogens with zero attached hydrogens (tertiary/aromatic N) is 2. The van der Waals surface area contributed by atoms with Gasteiger partial charge >= 0.3 is 0 Å². The SMILES string of the molecule is Fc1ccc(/C=N\N=C(c2ccccc2)c2ccccc2)cc1. The molecule has 3 heteroatoms. The van der Waals surface area contributed by atoms with Crippen molar-refractivity contribution in [3.63, 3.8) is 0 Å². The average molecular weight is 302 g/mol. The Morgan fingerprint density at radius 2 is 1.22 bits per heavy atom. The van der Waals surface area contributed by atoms with Crippen molar-refractivity contribution in [2.24, 2.45) is 10.2 Å². The van der Waals surface area contributed by atoms with Gasteiger partial charge in [-0.15, -0.1) is 5.10 Å². The van der Waals surface area contributed by atoms with Gasteiger partial charge in [0.2, 0.25) is 0 Å². The first-order valence-corrected chi connectivity index (χ1v) is 7.30. The Kier molecular flexibility index (Phi) is 4.69. The molecule has 112 valence electrons. The van der Waals surface area contributed by atoms with Crippen LogP contribution in [0.1, 0.15) is 16.7 Å². The number of hydrogen-bond donors (Lipinski definition) is 0. The Labute approximate surface area is 134 Å². The maximum absolute atomic E-state index is 12.9. The molecule has 0 atom stereocenters. The lowest BCUT2D eigenvalue weighted by atomic mass is 10.0. The van der Waals surface area contributed by atoms with Gasteiger partial charge < -0.3 is 0 Å². The summed E-state index contributed by atoms with van der Waals surface area (Å²) in [4.78, 5) is 0. The second-order valence-electron chi connectivity index (χ2n) is 4.98. The molecule has 3 rings (SSSR count). The number of benzene rings is 3. The smallest absolute Gasteiger partial charge is 0.123 e. The van der Waals surface area contributed by atoms with Gasteiger partial charge in [-0.2, -0.15) is 5.10 Å². The van der Waals surface area contributed by atoms with Crippen LogP contribution in [0.25, 0.3) is 0 Å². The third kappa shape index (κ3) is 3.98. The lowest BCUT2D eigenvalue weighted by Gasteiger charge is -2.05. The van der Waals surface area contributed by atoms with Gasteiger partial charge in [-0.05, 0) is 17.7 Å². The molecule has 0 radical (unpaired) electrons. The van der Waals surface area contributed by atoms with E-state index in [9.17, 15) is 4.39 Å². The molecule has 0 aliphatic carbocycles. The third-order valence-electron chi connectivity index (χ3n) is 3.33. The lowest BCUT2D eigenvalue weighted by molar-refractivity contribution is 0.628. The van der Waals surface area contributed by atoms with E-state index in [1.54, 1.807) is 18.3 Å². The van der Waals surface area contributed by atoms with Crippen molar-refractivity contribution >= 4 is 11.9 Å². The van der Waals surface area contributed by atoms with E-state index in [0.717, 1.165) is 22.4 Å². The van der Waals surface area contributed by atoms with E-state index in [1.807, 2.05) is 60.7 Å². The Morgan fingerprint density at radius 1 is 0.696 bits per heavy atom. The highest BCUT2D eigenvalue weighted by Gasteiger charge is 2.05. The lowest BCUT2D eigenvalue weighted by Crippen LogP contribution is -2.02. The van der Waals surface area contributed by atoms with Crippen LogP contribution in [-0.4, -0.2) is 11.9 Å². The molecule has 23 heavy (non-hydrogen) atoms. The molecule has 0 saturated heterocycles. The highest BCUT2D eigenvalue weighted by atomic mass is 19.1. The molecule has 0 saturated carbocycles. The molecule has 0 unspecified atom stereocenters.